The molecule has 0 saturated heterocycles. The van der Waals surface area contributed by atoms with Gasteiger partial charge in [-0.05, 0) is 19.2 Å². The Morgan fingerprint density at radius 2 is 2.13 bits per heavy atom. The first kappa shape index (κ1) is 11.7. The van der Waals surface area contributed by atoms with Gasteiger partial charge in [0.2, 0.25) is 5.76 Å². The first-order valence-corrected chi connectivity index (χ1v) is 5.17. The molecule has 0 aliphatic heterocycles. The van der Waals surface area contributed by atoms with Crippen LogP contribution in [0.5, 0.6) is 0 Å². The van der Waals surface area contributed by atoms with Gasteiger partial charge < -0.3 is 10.3 Å². The van der Waals surface area contributed by atoms with Crippen molar-refractivity contribution in [2.75, 3.05) is 20.2 Å². The first-order valence-electron chi connectivity index (χ1n) is 5.17. The fraction of sp³-hybridized carbons (Fsp3) is 0.545. The number of ether oxygens (including phenoxy) is 1. The zero-order valence-corrected chi connectivity index (χ0v) is 9.47. The van der Waals surface area contributed by atoms with Crippen molar-refractivity contribution in [3.05, 3.63) is 29.5 Å². The van der Waals surface area contributed by atoms with E-state index in [-0.39, 0.29) is 6.04 Å². The lowest BCUT2D eigenvalue weighted by Gasteiger charge is -2.25. The SMILES string of the molecule is CCN(CC)C1C=CC(=[N+]=[N-])C(OC)=C1. The highest BCUT2D eigenvalue weighted by molar-refractivity contribution is 6.03. The van der Waals surface area contributed by atoms with Crippen LogP contribution < -0.4 is 0 Å². The minimum absolute atomic E-state index is 0.223. The molecule has 1 aliphatic rings. The van der Waals surface area contributed by atoms with Gasteiger partial charge in [0.15, 0.2) is 0 Å². The topological polar surface area (TPSA) is 48.9 Å². The second-order valence-corrected chi connectivity index (χ2v) is 3.29. The predicted molar refractivity (Wildman–Crippen MR) is 59.6 cm³/mol. The second kappa shape index (κ2) is 5.49. The van der Waals surface area contributed by atoms with Crippen LogP contribution in [-0.4, -0.2) is 41.6 Å². The third-order valence-electron chi connectivity index (χ3n) is 2.59. The molecule has 1 unspecified atom stereocenters. The van der Waals surface area contributed by atoms with Crippen molar-refractivity contribution in [1.29, 1.82) is 0 Å². The largest absolute Gasteiger partial charge is 0.490 e. The van der Waals surface area contributed by atoms with E-state index >= 15 is 0 Å². The van der Waals surface area contributed by atoms with E-state index in [9.17, 15) is 0 Å². The molecule has 0 heterocycles. The molecule has 0 bridgehead atoms. The van der Waals surface area contributed by atoms with Crippen LogP contribution in [0.15, 0.2) is 24.0 Å². The van der Waals surface area contributed by atoms with E-state index < -0.39 is 0 Å². The third-order valence-corrected chi connectivity index (χ3v) is 2.59. The van der Waals surface area contributed by atoms with Gasteiger partial charge in [-0.1, -0.05) is 19.9 Å². The molecule has 0 saturated carbocycles. The fourth-order valence-corrected chi connectivity index (χ4v) is 1.70. The average Bonchev–Trinajstić information content (AvgIpc) is 2.30. The number of allylic oxidation sites excluding steroid dienone is 1. The van der Waals surface area contributed by atoms with Crippen molar-refractivity contribution in [1.82, 2.24) is 4.90 Å². The standard InChI is InChI=1S/C11H17N3O/c1-4-14(5-2)9-6-7-10(13-12)11(8-9)15-3/h6-9H,4-5H2,1-3H3. The molecule has 1 rings (SSSR count). The zero-order valence-electron chi connectivity index (χ0n) is 9.47. The Balaban J connectivity index is 2.89. The van der Waals surface area contributed by atoms with Crippen LogP contribution in [-0.2, 0) is 4.74 Å². The summed E-state index contributed by atoms with van der Waals surface area (Å²) in [7, 11) is 1.58. The van der Waals surface area contributed by atoms with Gasteiger partial charge in [0, 0.05) is 6.08 Å². The highest BCUT2D eigenvalue weighted by atomic mass is 16.5. The zero-order chi connectivity index (χ0) is 11.3. The van der Waals surface area contributed by atoms with Crippen LogP contribution >= 0.6 is 0 Å². The molecule has 0 fully saturated rings. The average molecular weight is 207 g/mol. The highest BCUT2D eigenvalue weighted by Gasteiger charge is 2.22. The molecule has 1 atom stereocenters. The van der Waals surface area contributed by atoms with Gasteiger partial charge in [-0.2, -0.15) is 4.79 Å². The molecular weight excluding hydrogens is 190 g/mol. The van der Waals surface area contributed by atoms with Gasteiger partial charge in [0.05, 0.1) is 13.2 Å². The van der Waals surface area contributed by atoms with Gasteiger partial charge in [0.25, 0.3) is 0 Å². The van der Waals surface area contributed by atoms with Crippen LogP contribution in [0.25, 0.3) is 5.53 Å². The molecule has 0 aromatic carbocycles. The second-order valence-electron chi connectivity index (χ2n) is 3.29. The first-order chi connectivity index (χ1) is 7.26. The number of hydrogen-bond acceptors (Lipinski definition) is 2. The van der Waals surface area contributed by atoms with E-state index in [0.29, 0.717) is 11.5 Å². The van der Waals surface area contributed by atoms with E-state index in [1.54, 1.807) is 13.2 Å². The number of hydrogen-bond donors (Lipinski definition) is 0. The van der Waals surface area contributed by atoms with Crippen molar-refractivity contribution >= 4 is 5.71 Å². The quantitative estimate of drug-likeness (QED) is 0.517. The molecule has 0 aromatic heterocycles. The number of rotatable bonds is 4. The maximum Gasteiger partial charge on any atom is 0.356 e. The van der Waals surface area contributed by atoms with Crippen LogP contribution in [0.2, 0.25) is 0 Å². The van der Waals surface area contributed by atoms with E-state index in [1.165, 1.54) is 0 Å². The number of likely N-dealkylation sites (N-methyl/N-ethyl adjacent to an activating group) is 1. The van der Waals surface area contributed by atoms with E-state index in [4.69, 9.17) is 10.3 Å². The van der Waals surface area contributed by atoms with Crippen molar-refractivity contribution in [2.24, 2.45) is 0 Å². The summed E-state index contributed by atoms with van der Waals surface area (Å²) in [5.41, 5.74) is 9.21. The molecular formula is C11H17N3O. The molecule has 0 amide bonds. The number of methoxy groups -OCH3 is 1. The summed E-state index contributed by atoms with van der Waals surface area (Å²) in [4.78, 5) is 5.44. The summed E-state index contributed by atoms with van der Waals surface area (Å²) < 4.78 is 5.16. The fourth-order valence-electron chi connectivity index (χ4n) is 1.70. The Hall–Kier alpha value is -1.38. The Labute approximate surface area is 90.5 Å². The summed E-state index contributed by atoms with van der Waals surface area (Å²) in [6.45, 7) is 6.19. The molecule has 0 radical (unpaired) electrons. The Bertz CT molecular complexity index is 323. The molecule has 0 N–H and O–H groups in total. The maximum atomic E-state index is 8.73. The molecule has 82 valence electrons. The lowest BCUT2D eigenvalue weighted by Crippen LogP contribution is -2.34. The smallest absolute Gasteiger partial charge is 0.356 e. The lowest BCUT2D eigenvalue weighted by atomic mass is 10.1. The van der Waals surface area contributed by atoms with Gasteiger partial charge in [0.1, 0.15) is 0 Å². The van der Waals surface area contributed by atoms with Gasteiger partial charge in [-0.15, -0.1) is 0 Å². The molecule has 0 spiro atoms. The van der Waals surface area contributed by atoms with Crippen LogP contribution in [0.1, 0.15) is 13.8 Å². The minimum atomic E-state index is 0.223. The van der Waals surface area contributed by atoms with Crippen LogP contribution in [0.4, 0.5) is 0 Å². The molecule has 1 aliphatic carbocycles. The summed E-state index contributed by atoms with van der Waals surface area (Å²) in [5.74, 6) is 0.622. The van der Waals surface area contributed by atoms with Gasteiger partial charge in [-0.25, -0.2) is 0 Å². The summed E-state index contributed by atoms with van der Waals surface area (Å²) in [6.07, 6.45) is 5.74. The van der Waals surface area contributed by atoms with E-state index in [1.807, 2.05) is 12.2 Å². The monoisotopic (exact) mass is 207 g/mol. The van der Waals surface area contributed by atoms with Crippen LogP contribution in [0, 0.1) is 0 Å². The van der Waals surface area contributed by atoms with Crippen molar-refractivity contribution in [3.63, 3.8) is 0 Å². The van der Waals surface area contributed by atoms with Gasteiger partial charge in [-0.3, -0.25) is 4.90 Å². The van der Waals surface area contributed by atoms with Crippen molar-refractivity contribution in [2.45, 2.75) is 19.9 Å². The van der Waals surface area contributed by atoms with Crippen molar-refractivity contribution < 1.29 is 9.53 Å². The Morgan fingerprint density at radius 1 is 1.47 bits per heavy atom. The molecule has 4 nitrogen and oxygen atoms in total. The summed E-state index contributed by atoms with van der Waals surface area (Å²) >= 11 is 0. The highest BCUT2D eigenvalue weighted by Crippen LogP contribution is 2.13. The summed E-state index contributed by atoms with van der Waals surface area (Å²) in [5, 5.41) is 0. The Morgan fingerprint density at radius 3 is 2.60 bits per heavy atom. The molecule has 0 aromatic rings. The summed E-state index contributed by atoms with van der Waals surface area (Å²) in [6, 6.07) is 0.223. The minimum Gasteiger partial charge on any atom is -0.490 e. The number of nitrogens with zero attached hydrogens (tertiary/aromatic N) is 3. The molecule has 4 heteroatoms. The third kappa shape index (κ3) is 2.55. The van der Waals surface area contributed by atoms with Crippen molar-refractivity contribution in [3.8, 4) is 0 Å². The van der Waals surface area contributed by atoms with E-state index in [0.717, 1.165) is 13.1 Å². The predicted octanol–water partition coefficient (Wildman–Crippen LogP) is 1.47. The van der Waals surface area contributed by atoms with Gasteiger partial charge >= 0.3 is 5.71 Å². The Kier molecular flexibility index (Phi) is 4.28. The van der Waals surface area contributed by atoms with E-state index in [2.05, 4.69) is 23.5 Å². The van der Waals surface area contributed by atoms with Crippen LogP contribution in [0.3, 0.4) is 0 Å². The lowest BCUT2D eigenvalue weighted by molar-refractivity contribution is -0.00709. The maximum absolute atomic E-state index is 8.73. The molecule has 15 heavy (non-hydrogen) atoms. The normalized spacial score (nSPS) is 20.1.